The molecule has 1 aliphatic heterocycles. The van der Waals surface area contributed by atoms with Crippen molar-refractivity contribution >= 4 is 23.7 Å². The topological polar surface area (TPSA) is 143 Å². The molecule has 0 aromatic heterocycles. The van der Waals surface area contributed by atoms with Crippen molar-refractivity contribution in [1.29, 1.82) is 0 Å². The number of phenols is 1. The number of carbonyl (C=O) groups excluding carboxylic acids is 2. The van der Waals surface area contributed by atoms with E-state index in [1.807, 2.05) is 30.3 Å². The second-order valence-electron chi connectivity index (χ2n) is 6.32. The number of hydrogen-bond donors (Lipinski definition) is 3. The molecular formula is C19H18N4O6. The van der Waals surface area contributed by atoms with Crippen LogP contribution < -0.4 is 15.5 Å². The van der Waals surface area contributed by atoms with Crippen molar-refractivity contribution in [2.45, 2.75) is 5.92 Å². The second kappa shape index (κ2) is 8.38. The molecule has 10 heteroatoms. The van der Waals surface area contributed by atoms with Crippen LogP contribution in [0, 0.1) is 16.0 Å². The number of carbonyl (C=O) groups is 2. The van der Waals surface area contributed by atoms with Crippen molar-refractivity contribution in [2.24, 2.45) is 11.0 Å². The molecule has 0 saturated carbocycles. The molecule has 2 amide bonds. The maximum absolute atomic E-state index is 12.5. The summed E-state index contributed by atoms with van der Waals surface area (Å²) in [5.41, 5.74) is 2.77. The summed E-state index contributed by atoms with van der Waals surface area (Å²) in [5.74, 6) is -2.82. The van der Waals surface area contributed by atoms with Crippen LogP contribution in [0.4, 0.5) is 5.69 Å². The first-order chi connectivity index (χ1) is 13.9. The maximum Gasteiger partial charge on any atom is 0.274 e. The van der Waals surface area contributed by atoms with Crippen LogP contribution in [0.3, 0.4) is 0 Å². The van der Waals surface area contributed by atoms with Crippen molar-refractivity contribution in [3.05, 3.63) is 63.7 Å². The third-order valence-electron chi connectivity index (χ3n) is 4.59. The summed E-state index contributed by atoms with van der Waals surface area (Å²) in [6.07, 6.45) is 1.05. The number of hydrogen-bond acceptors (Lipinski definition) is 7. The van der Waals surface area contributed by atoms with Crippen LogP contribution in [0.2, 0.25) is 0 Å². The van der Waals surface area contributed by atoms with Crippen LogP contribution in [0.1, 0.15) is 17.0 Å². The predicted molar refractivity (Wildman–Crippen MR) is 103 cm³/mol. The number of phenolic OH excluding ortho intramolecular Hbond substituents is 1. The molecule has 1 saturated heterocycles. The number of nitrogens with one attached hydrogen (secondary N) is 2. The monoisotopic (exact) mass is 398 g/mol. The molecule has 10 nitrogen and oxygen atoms in total. The van der Waals surface area contributed by atoms with Crippen LogP contribution >= 0.6 is 0 Å². The fourth-order valence-electron chi connectivity index (χ4n) is 3.14. The quantitative estimate of drug-likeness (QED) is 0.290. The van der Waals surface area contributed by atoms with Gasteiger partial charge < -0.3 is 15.2 Å². The molecule has 150 valence electrons. The Labute approximate surface area is 165 Å². The molecule has 3 rings (SSSR count). The lowest BCUT2D eigenvalue weighted by atomic mass is 9.88. The average molecular weight is 398 g/mol. The first kappa shape index (κ1) is 19.8. The third-order valence-corrected chi connectivity index (χ3v) is 4.59. The summed E-state index contributed by atoms with van der Waals surface area (Å²) in [6.45, 7) is 0.327. The molecule has 0 spiro atoms. The minimum Gasteiger partial charge on any atom is -0.504 e. The molecule has 0 aliphatic carbocycles. The third kappa shape index (κ3) is 4.15. The smallest absolute Gasteiger partial charge is 0.274 e. The summed E-state index contributed by atoms with van der Waals surface area (Å²) in [6, 6.07) is 11.3. The number of amides is 2. The van der Waals surface area contributed by atoms with Gasteiger partial charge in [0.25, 0.3) is 11.6 Å². The van der Waals surface area contributed by atoms with Gasteiger partial charge in [0.2, 0.25) is 5.91 Å². The largest absolute Gasteiger partial charge is 0.504 e. The highest BCUT2D eigenvalue weighted by Crippen LogP contribution is 2.33. The Kier molecular flexibility index (Phi) is 5.72. The number of nitro benzene ring substituents is 1. The molecular weight excluding hydrogens is 380 g/mol. The van der Waals surface area contributed by atoms with Crippen LogP contribution in [0.15, 0.2) is 47.6 Å². The molecule has 2 aromatic rings. The van der Waals surface area contributed by atoms with E-state index in [0.29, 0.717) is 6.54 Å². The van der Waals surface area contributed by atoms with Gasteiger partial charge in [-0.05, 0) is 5.56 Å². The number of rotatable bonds is 6. The van der Waals surface area contributed by atoms with Gasteiger partial charge in [-0.25, -0.2) is 5.43 Å². The standard InChI is InChI=1S/C19H18N4O6/c1-29-15-8-13(23(27)28)7-12(17(15)24)9-21-22-19(26)16-14(10-20-18(16)25)11-5-3-2-4-6-11/h2-9,14,16,24H,10H2,1H3,(H,20,25)(H,22,26)/b21-9-. The van der Waals surface area contributed by atoms with E-state index in [0.717, 1.165) is 23.9 Å². The zero-order chi connectivity index (χ0) is 21.0. The second-order valence-corrected chi connectivity index (χ2v) is 6.32. The van der Waals surface area contributed by atoms with Crippen molar-refractivity contribution in [3.8, 4) is 11.5 Å². The van der Waals surface area contributed by atoms with E-state index in [4.69, 9.17) is 4.74 Å². The van der Waals surface area contributed by atoms with E-state index in [1.54, 1.807) is 0 Å². The highest BCUT2D eigenvalue weighted by Gasteiger charge is 2.40. The molecule has 0 bridgehead atoms. The first-order valence-electron chi connectivity index (χ1n) is 8.63. The summed E-state index contributed by atoms with van der Waals surface area (Å²) >= 11 is 0. The molecule has 0 radical (unpaired) electrons. The summed E-state index contributed by atoms with van der Waals surface area (Å²) in [5, 5.41) is 27.5. The van der Waals surface area contributed by atoms with Gasteiger partial charge in [0.1, 0.15) is 5.92 Å². The molecule has 2 unspecified atom stereocenters. The lowest BCUT2D eigenvalue weighted by Gasteiger charge is -2.15. The zero-order valence-corrected chi connectivity index (χ0v) is 15.4. The van der Waals surface area contributed by atoms with Gasteiger partial charge in [-0.15, -0.1) is 0 Å². The number of methoxy groups -OCH3 is 1. The molecule has 29 heavy (non-hydrogen) atoms. The average Bonchev–Trinajstić information content (AvgIpc) is 3.11. The summed E-state index contributed by atoms with van der Waals surface area (Å²) in [4.78, 5) is 35.0. The SMILES string of the molecule is COc1cc([N+](=O)[O-])cc(/C=N\NC(=O)C2C(=O)NCC2c2ccccc2)c1O. The lowest BCUT2D eigenvalue weighted by molar-refractivity contribution is -0.385. The number of nitro groups is 1. The molecule has 2 atom stereocenters. The predicted octanol–water partition coefficient (Wildman–Crippen LogP) is 1.29. The van der Waals surface area contributed by atoms with E-state index in [9.17, 15) is 24.8 Å². The van der Waals surface area contributed by atoms with Gasteiger partial charge in [-0.3, -0.25) is 19.7 Å². The van der Waals surface area contributed by atoms with Crippen molar-refractivity contribution in [3.63, 3.8) is 0 Å². The fraction of sp³-hybridized carbons (Fsp3) is 0.211. The number of non-ortho nitro benzene ring substituents is 1. The number of hydrazone groups is 1. The summed E-state index contributed by atoms with van der Waals surface area (Å²) in [7, 11) is 1.25. The highest BCUT2D eigenvalue weighted by atomic mass is 16.6. The number of ether oxygens (including phenoxy) is 1. The van der Waals surface area contributed by atoms with Gasteiger partial charge in [-0.1, -0.05) is 30.3 Å². The zero-order valence-electron chi connectivity index (χ0n) is 15.4. The molecule has 3 N–H and O–H groups in total. The Hall–Kier alpha value is -3.95. The van der Waals surface area contributed by atoms with E-state index in [2.05, 4.69) is 15.8 Å². The molecule has 2 aromatic carbocycles. The van der Waals surface area contributed by atoms with Gasteiger partial charge in [0.05, 0.1) is 24.3 Å². The number of nitrogens with zero attached hydrogens (tertiary/aromatic N) is 2. The van der Waals surface area contributed by atoms with Crippen LogP contribution in [0.25, 0.3) is 0 Å². The molecule has 1 fully saturated rings. The Morgan fingerprint density at radius 1 is 1.38 bits per heavy atom. The van der Waals surface area contributed by atoms with Gasteiger partial charge >= 0.3 is 0 Å². The van der Waals surface area contributed by atoms with Gasteiger partial charge in [0, 0.05) is 24.1 Å². The van der Waals surface area contributed by atoms with E-state index in [1.165, 1.54) is 7.11 Å². The lowest BCUT2D eigenvalue weighted by Crippen LogP contribution is -2.34. The van der Waals surface area contributed by atoms with Crippen molar-refractivity contribution in [2.75, 3.05) is 13.7 Å². The fourth-order valence-corrected chi connectivity index (χ4v) is 3.14. The Morgan fingerprint density at radius 3 is 2.76 bits per heavy atom. The highest BCUT2D eigenvalue weighted by molar-refractivity contribution is 6.03. The number of aromatic hydroxyl groups is 1. The molecule has 1 aliphatic rings. The normalized spacial score (nSPS) is 18.4. The van der Waals surface area contributed by atoms with E-state index < -0.39 is 22.7 Å². The molecule has 1 heterocycles. The van der Waals surface area contributed by atoms with E-state index in [-0.39, 0.29) is 28.7 Å². The van der Waals surface area contributed by atoms with Crippen LogP contribution in [-0.4, -0.2) is 41.7 Å². The van der Waals surface area contributed by atoms with Crippen LogP contribution in [-0.2, 0) is 9.59 Å². The van der Waals surface area contributed by atoms with Gasteiger partial charge in [0.15, 0.2) is 11.5 Å². The van der Waals surface area contributed by atoms with E-state index >= 15 is 0 Å². The van der Waals surface area contributed by atoms with Gasteiger partial charge in [-0.2, -0.15) is 5.10 Å². The maximum atomic E-state index is 12.5. The Balaban J connectivity index is 1.78. The summed E-state index contributed by atoms with van der Waals surface area (Å²) < 4.78 is 4.91. The first-order valence-corrected chi connectivity index (χ1v) is 8.63. The minimum absolute atomic E-state index is 0.0215. The van der Waals surface area contributed by atoms with Crippen molar-refractivity contribution < 1.29 is 24.4 Å². The number of benzene rings is 2. The van der Waals surface area contributed by atoms with Crippen LogP contribution in [0.5, 0.6) is 11.5 Å². The van der Waals surface area contributed by atoms with Crippen molar-refractivity contribution in [1.82, 2.24) is 10.7 Å². The Bertz CT molecular complexity index is 976. The Morgan fingerprint density at radius 2 is 2.10 bits per heavy atom. The minimum atomic E-state index is -0.970.